The highest BCUT2D eigenvalue weighted by molar-refractivity contribution is 5.89. The minimum Gasteiger partial charge on any atom is -0.463 e. The van der Waals surface area contributed by atoms with Crippen molar-refractivity contribution in [1.82, 2.24) is 4.90 Å². The summed E-state index contributed by atoms with van der Waals surface area (Å²) in [7, 11) is 0. The first-order valence-corrected chi connectivity index (χ1v) is 6.97. The maximum atomic E-state index is 11.9. The minimum atomic E-state index is -0.0794. The molecule has 3 heteroatoms. The van der Waals surface area contributed by atoms with Gasteiger partial charge < -0.3 is 9.64 Å². The normalized spacial score (nSPS) is 21.6. The lowest BCUT2D eigenvalue weighted by Gasteiger charge is -2.25. The highest BCUT2D eigenvalue weighted by atomic mass is 16.5. The van der Waals surface area contributed by atoms with Gasteiger partial charge in [0.05, 0.1) is 12.2 Å². The molecule has 1 saturated heterocycles. The van der Waals surface area contributed by atoms with E-state index in [2.05, 4.69) is 4.90 Å². The van der Waals surface area contributed by atoms with E-state index < -0.39 is 0 Å². The van der Waals surface area contributed by atoms with Crippen LogP contribution in [-0.4, -0.2) is 30.6 Å². The fraction of sp³-hybridized carbons (Fsp3) is 0.786. The second-order valence-corrected chi connectivity index (χ2v) is 4.90. The van der Waals surface area contributed by atoms with Gasteiger partial charge in [-0.1, -0.05) is 12.8 Å². The van der Waals surface area contributed by atoms with Gasteiger partial charge in [-0.2, -0.15) is 0 Å². The van der Waals surface area contributed by atoms with E-state index in [0.29, 0.717) is 6.61 Å². The topological polar surface area (TPSA) is 29.5 Å². The lowest BCUT2D eigenvalue weighted by atomic mass is 10.2. The van der Waals surface area contributed by atoms with E-state index in [0.717, 1.165) is 37.9 Å². The van der Waals surface area contributed by atoms with Crippen molar-refractivity contribution >= 4 is 5.97 Å². The van der Waals surface area contributed by atoms with Crippen molar-refractivity contribution in [3.8, 4) is 0 Å². The second kappa shape index (κ2) is 6.08. The van der Waals surface area contributed by atoms with Crippen LogP contribution in [0, 0.1) is 0 Å². The van der Waals surface area contributed by atoms with Crippen LogP contribution in [0.5, 0.6) is 0 Å². The van der Waals surface area contributed by atoms with Gasteiger partial charge in [-0.05, 0) is 39.0 Å². The van der Waals surface area contributed by atoms with Crippen molar-refractivity contribution in [2.24, 2.45) is 0 Å². The van der Waals surface area contributed by atoms with Crippen LogP contribution in [0.1, 0.15) is 51.9 Å². The standard InChI is InChI=1S/C14H23NO2/c1-2-17-14(16)12-8-7-9-13(12)15-10-5-3-4-6-11-15/h2-11H2,1H3. The molecular formula is C14H23NO2. The van der Waals surface area contributed by atoms with E-state index >= 15 is 0 Å². The summed E-state index contributed by atoms with van der Waals surface area (Å²) in [5, 5.41) is 0. The molecule has 0 saturated carbocycles. The Labute approximate surface area is 104 Å². The van der Waals surface area contributed by atoms with Crippen LogP contribution >= 0.6 is 0 Å². The Morgan fingerprint density at radius 1 is 1.12 bits per heavy atom. The Balaban J connectivity index is 2.09. The molecule has 96 valence electrons. The van der Waals surface area contributed by atoms with Gasteiger partial charge in [-0.25, -0.2) is 4.79 Å². The van der Waals surface area contributed by atoms with Gasteiger partial charge in [0.15, 0.2) is 0 Å². The smallest absolute Gasteiger partial charge is 0.335 e. The number of rotatable bonds is 3. The number of ether oxygens (including phenoxy) is 1. The molecule has 2 rings (SSSR count). The zero-order valence-electron chi connectivity index (χ0n) is 10.8. The molecule has 0 bridgehead atoms. The number of carbonyl (C=O) groups excluding carboxylic acids is 1. The van der Waals surface area contributed by atoms with Crippen LogP contribution in [-0.2, 0) is 9.53 Å². The molecule has 0 unspecified atom stereocenters. The third kappa shape index (κ3) is 3.02. The third-order valence-corrected chi connectivity index (χ3v) is 3.70. The first-order chi connectivity index (χ1) is 8.33. The summed E-state index contributed by atoms with van der Waals surface area (Å²) >= 11 is 0. The number of esters is 1. The van der Waals surface area contributed by atoms with E-state index in [1.165, 1.54) is 31.4 Å². The van der Waals surface area contributed by atoms with Crippen molar-refractivity contribution in [1.29, 1.82) is 0 Å². The Bertz CT molecular complexity index is 301. The zero-order chi connectivity index (χ0) is 12.1. The average molecular weight is 237 g/mol. The monoisotopic (exact) mass is 237 g/mol. The highest BCUT2D eigenvalue weighted by Crippen LogP contribution is 2.31. The number of likely N-dealkylation sites (tertiary alicyclic amines) is 1. The molecule has 0 aromatic heterocycles. The first kappa shape index (κ1) is 12.5. The van der Waals surface area contributed by atoms with Crippen LogP contribution in [0.15, 0.2) is 11.3 Å². The number of nitrogens with zero attached hydrogens (tertiary/aromatic N) is 1. The van der Waals surface area contributed by atoms with Gasteiger partial charge in [-0.3, -0.25) is 0 Å². The maximum absolute atomic E-state index is 11.9. The molecular weight excluding hydrogens is 214 g/mol. The quantitative estimate of drug-likeness (QED) is 0.707. The number of hydrogen-bond donors (Lipinski definition) is 0. The molecule has 1 fully saturated rings. The summed E-state index contributed by atoms with van der Waals surface area (Å²) in [6.07, 6.45) is 8.27. The molecule has 1 aliphatic carbocycles. The summed E-state index contributed by atoms with van der Waals surface area (Å²) < 4.78 is 5.15. The van der Waals surface area contributed by atoms with Crippen molar-refractivity contribution in [2.75, 3.05) is 19.7 Å². The molecule has 0 aromatic carbocycles. The lowest BCUT2D eigenvalue weighted by Crippen LogP contribution is -2.25. The van der Waals surface area contributed by atoms with Gasteiger partial charge in [0, 0.05) is 18.8 Å². The average Bonchev–Trinajstić information content (AvgIpc) is 2.65. The number of hydrogen-bond acceptors (Lipinski definition) is 3. The first-order valence-electron chi connectivity index (χ1n) is 6.97. The van der Waals surface area contributed by atoms with E-state index in [4.69, 9.17) is 4.74 Å². The molecule has 0 N–H and O–H groups in total. The van der Waals surface area contributed by atoms with Gasteiger partial charge in [-0.15, -0.1) is 0 Å². The third-order valence-electron chi connectivity index (χ3n) is 3.70. The molecule has 2 aliphatic rings. The summed E-state index contributed by atoms with van der Waals surface area (Å²) in [4.78, 5) is 14.3. The SMILES string of the molecule is CCOC(=O)C1=C(N2CCCCCC2)CCC1. The van der Waals surface area contributed by atoms with Gasteiger partial charge in [0.25, 0.3) is 0 Å². The number of carbonyl (C=O) groups is 1. The van der Waals surface area contributed by atoms with Crippen molar-refractivity contribution < 1.29 is 9.53 Å². The van der Waals surface area contributed by atoms with E-state index in [1.54, 1.807) is 0 Å². The molecule has 0 amide bonds. The highest BCUT2D eigenvalue weighted by Gasteiger charge is 2.26. The fourth-order valence-electron chi connectivity index (χ4n) is 2.86. The molecule has 17 heavy (non-hydrogen) atoms. The van der Waals surface area contributed by atoms with Crippen LogP contribution in [0.3, 0.4) is 0 Å². The van der Waals surface area contributed by atoms with Crippen molar-refractivity contribution in [3.63, 3.8) is 0 Å². The van der Waals surface area contributed by atoms with Gasteiger partial charge >= 0.3 is 5.97 Å². The van der Waals surface area contributed by atoms with Crippen LogP contribution in [0.4, 0.5) is 0 Å². The van der Waals surface area contributed by atoms with Gasteiger partial charge in [0.2, 0.25) is 0 Å². The van der Waals surface area contributed by atoms with E-state index in [-0.39, 0.29) is 5.97 Å². The second-order valence-electron chi connectivity index (χ2n) is 4.90. The predicted octanol–water partition coefficient (Wildman–Crippen LogP) is 2.86. The van der Waals surface area contributed by atoms with Crippen LogP contribution in [0.2, 0.25) is 0 Å². The molecule has 1 aliphatic heterocycles. The molecule has 0 radical (unpaired) electrons. The van der Waals surface area contributed by atoms with Crippen LogP contribution in [0.25, 0.3) is 0 Å². The Hall–Kier alpha value is -0.990. The molecule has 3 nitrogen and oxygen atoms in total. The zero-order valence-corrected chi connectivity index (χ0v) is 10.8. The van der Waals surface area contributed by atoms with Crippen LogP contribution < -0.4 is 0 Å². The van der Waals surface area contributed by atoms with E-state index in [1.807, 2.05) is 6.92 Å². The molecule has 1 heterocycles. The lowest BCUT2D eigenvalue weighted by molar-refractivity contribution is -0.138. The van der Waals surface area contributed by atoms with Gasteiger partial charge in [0.1, 0.15) is 0 Å². The summed E-state index contributed by atoms with van der Waals surface area (Å²) in [6, 6.07) is 0. The number of allylic oxidation sites excluding steroid dienone is 1. The largest absolute Gasteiger partial charge is 0.463 e. The van der Waals surface area contributed by atoms with E-state index in [9.17, 15) is 4.79 Å². The molecule has 0 spiro atoms. The molecule has 0 atom stereocenters. The Morgan fingerprint density at radius 3 is 2.47 bits per heavy atom. The summed E-state index contributed by atoms with van der Waals surface area (Å²) in [6.45, 7) is 4.60. The Morgan fingerprint density at radius 2 is 1.82 bits per heavy atom. The minimum absolute atomic E-state index is 0.0794. The summed E-state index contributed by atoms with van der Waals surface area (Å²) in [5.74, 6) is -0.0794. The van der Waals surface area contributed by atoms with Crippen molar-refractivity contribution in [3.05, 3.63) is 11.3 Å². The fourth-order valence-corrected chi connectivity index (χ4v) is 2.86. The maximum Gasteiger partial charge on any atom is 0.335 e. The molecule has 0 aromatic rings. The Kier molecular flexibility index (Phi) is 4.46. The predicted molar refractivity (Wildman–Crippen MR) is 67.6 cm³/mol. The van der Waals surface area contributed by atoms with Crippen molar-refractivity contribution in [2.45, 2.75) is 51.9 Å². The summed E-state index contributed by atoms with van der Waals surface area (Å²) in [5.41, 5.74) is 2.24.